The molecule has 16 heavy (non-hydrogen) atoms. The van der Waals surface area contributed by atoms with Crippen molar-refractivity contribution in [3.05, 3.63) is 28.2 Å². The van der Waals surface area contributed by atoms with Crippen molar-refractivity contribution in [3.8, 4) is 5.75 Å². The first-order valence-electron chi connectivity index (χ1n) is 4.73. The van der Waals surface area contributed by atoms with E-state index in [9.17, 15) is 9.90 Å². The first-order valence-corrected chi connectivity index (χ1v) is 6.64. The number of nitrogens with one attached hydrogen (secondary N) is 1. The van der Waals surface area contributed by atoms with Crippen molar-refractivity contribution in [3.63, 3.8) is 0 Å². The molecule has 0 spiro atoms. The molecular weight excluding hydrogens is 338 g/mol. The van der Waals surface area contributed by atoms with Gasteiger partial charge in [-0.3, -0.25) is 4.79 Å². The Balaban J connectivity index is 2.93. The van der Waals surface area contributed by atoms with Gasteiger partial charge in [-0.05, 0) is 32.0 Å². The highest BCUT2D eigenvalue weighted by Crippen LogP contribution is 2.22. The lowest BCUT2D eigenvalue weighted by molar-refractivity contribution is 0.0918. The maximum Gasteiger partial charge on any atom is 0.255 e. The molecule has 3 nitrogen and oxygen atoms in total. The van der Waals surface area contributed by atoms with E-state index in [1.54, 1.807) is 12.1 Å². The minimum atomic E-state index is -0.355. The van der Waals surface area contributed by atoms with Gasteiger partial charge in [-0.15, -0.1) is 0 Å². The number of rotatable bonds is 3. The molecular formula is C11H13Br2NO2. The van der Waals surface area contributed by atoms with Crippen LogP contribution in [-0.2, 0) is 0 Å². The number of hydrogen-bond donors (Lipinski definition) is 2. The van der Waals surface area contributed by atoms with Crippen molar-refractivity contribution >= 4 is 37.8 Å². The van der Waals surface area contributed by atoms with Gasteiger partial charge in [-0.1, -0.05) is 31.9 Å². The van der Waals surface area contributed by atoms with E-state index >= 15 is 0 Å². The number of benzene rings is 1. The van der Waals surface area contributed by atoms with Gasteiger partial charge >= 0.3 is 0 Å². The maximum atomic E-state index is 11.9. The molecule has 5 heteroatoms. The second kappa shape index (κ2) is 5.19. The monoisotopic (exact) mass is 349 g/mol. The highest BCUT2D eigenvalue weighted by molar-refractivity contribution is 9.10. The fraction of sp³-hybridized carbons (Fsp3) is 0.364. The summed E-state index contributed by atoms with van der Waals surface area (Å²) in [5, 5.41) is 13.0. The molecule has 0 fully saturated rings. The highest BCUT2D eigenvalue weighted by Gasteiger charge is 2.21. The summed E-state index contributed by atoms with van der Waals surface area (Å²) in [6.45, 7) is 3.80. The minimum Gasteiger partial charge on any atom is -0.507 e. The zero-order valence-electron chi connectivity index (χ0n) is 9.05. The van der Waals surface area contributed by atoms with Crippen molar-refractivity contribution < 1.29 is 9.90 Å². The predicted molar refractivity (Wildman–Crippen MR) is 71.1 cm³/mol. The Labute approximate surface area is 111 Å². The molecule has 0 bridgehead atoms. The number of carbonyl (C=O) groups excluding carboxylic acids is 1. The third-order valence-electron chi connectivity index (χ3n) is 1.99. The first kappa shape index (κ1) is 13.5. The lowest BCUT2D eigenvalue weighted by Gasteiger charge is -2.23. The Morgan fingerprint density at radius 3 is 2.69 bits per heavy atom. The van der Waals surface area contributed by atoms with Gasteiger partial charge in [-0.2, -0.15) is 0 Å². The molecule has 1 aromatic rings. The number of amides is 1. The van der Waals surface area contributed by atoms with Crippen LogP contribution in [0.3, 0.4) is 0 Å². The Kier molecular flexibility index (Phi) is 4.38. The van der Waals surface area contributed by atoms with E-state index in [0.29, 0.717) is 5.33 Å². The summed E-state index contributed by atoms with van der Waals surface area (Å²) in [6.07, 6.45) is 0. The Morgan fingerprint density at radius 1 is 1.50 bits per heavy atom. The molecule has 0 saturated heterocycles. The highest BCUT2D eigenvalue weighted by atomic mass is 79.9. The minimum absolute atomic E-state index is 0.0222. The molecule has 0 aromatic heterocycles. The molecule has 0 aliphatic carbocycles. The third kappa shape index (κ3) is 3.49. The van der Waals surface area contributed by atoms with Crippen LogP contribution in [0.25, 0.3) is 0 Å². The lowest BCUT2D eigenvalue weighted by Crippen LogP contribution is -2.44. The summed E-state index contributed by atoms with van der Waals surface area (Å²) in [6, 6.07) is 4.76. The topological polar surface area (TPSA) is 49.3 Å². The Bertz CT molecular complexity index is 405. The SMILES string of the molecule is CC(C)(CBr)NC(=O)c1cc(Br)ccc1O. The molecule has 0 heterocycles. The molecule has 1 amide bonds. The van der Waals surface area contributed by atoms with Crippen molar-refractivity contribution in [2.75, 3.05) is 5.33 Å². The van der Waals surface area contributed by atoms with E-state index in [2.05, 4.69) is 37.2 Å². The van der Waals surface area contributed by atoms with E-state index in [1.165, 1.54) is 6.07 Å². The van der Waals surface area contributed by atoms with Gasteiger partial charge in [0.1, 0.15) is 5.75 Å². The van der Waals surface area contributed by atoms with Crippen LogP contribution >= 0.6 is 31.9 Å². The molecule has 0 aliphatic rings. The van der Waals surface area contributed by atoms with Crippen LogP contribution in [-0.4, -0.2) is 21.9 Å². The first-order chi connectivity index (χ1) is 7.35. The molecule has 2 N–H and O–H groups in total. The van der Waals surface area contributed by atoms with Gasteiger partial charge in [0, 0.05) is 15.3 Å². The number of hydrogen-bond acceptors (Lipinski definition) is 2. The number of aromatic hydroxyl groups is 1. The van der Waals surface area contributed by atoms with Crippen molar-refractivity contribution in [2.45, 2.75) is 19.4 Å². The molecule has 0 saturated carbocycles. The average Bonchev–Trinajstić information content (AvgIpc) is 2.21. The van der Waals surface area contributed by atoms with Crippen molar-refractivity contribution in [1.82, 2.24) is 5.32 Å². The summed E-state index contributed by atoms with van der Waals surface area (Å²) < 4.78 is 0.757. The summed E-state index contributed by atoms with van der Waals surface area (Å²) in [4.78, 5) is 11.9. The third-order valence-corrected chi connectivity index (χ3v) is 3.88. The summed E-state index contributed by atoms with van der Waals surface area (Å²) in [5.41, 5.74) is -0.0883. The smallest absolute Gasteiger partial charge is 0.255 e. The quantitative estimate of drug-likeness (QED) is 0.823. The van der Waals surface area contributed by atoms with E-state index in [-0.39, 0.29) is 22.8 Å². The zero-order valence-corrected chi connectivity index (χ0v) is 12.2. The molecule has 0 atom stereocenters. The normalized spacial score (nSPS) is 11.2. The summed E-state index contributed by atoms with van der Waals surface area (Å²) in [7, 11) is 0. The molecule has 1 aromatic carbocycles. The van der Waals surface area contributed by atoms with Crippen LogP contribution in [0.2, 0.25) is 0 Å². The fourth-order valence-corrected chi connectivity index (χ4v) is 1.60. The predicted octanol–water partition coefficient (Wildman–Crippen LogP) is 3.06. The standard InChI is InChI=1S/C11H13Br2NO2/c1-11(2,6-12)14-10(16)8-5-7(13)3-4-9(8)15/h3-5,15H,6H2,1-2H3,(H,14,16). The van der Waals surface area contributed by atoms with Crippen LogP contribution in [0.15, 0.2) is 22.7 Å². The van der Waals surface area contributed by atoms with E-state index in [0.717, 1.165) is 4.47 Å². The van der Waals surface area contributed by atoms with Gasteiger partial charge in [0.15, 0.2) is 0 Å². The van der Waals surface area contributed by atoms with Gasteiger partial charge in [0.25, 0.3) is 5.91 Å². The van der Waals surface area contributed by atoms with Gasteiger partial charge < -0.3 is 10.4 Å². The second-order valence-electron chi connectivity index (χ2n) is 4.13. The number of halogens is 2. The molecule has 0 unspecified atom stereocenters. The number of carbonyl (C=O) groups is 1. The number of phenols is 1. The Morgan fingerprint density at radius 2 is 2.12 bits per heavy atom. The van der Waals surface area contributed by atoms with Crippen LogP contribution in [0, 0.1) is 0 Å². The van der Waals surface area contributed by atoms with Crippen LogP contribution in [0.4, 0.5) is 0 Å². The fourth-order valence-electron chi connectivity index (χ4n) is 1.10. The van der Waals surface area contributed by atoms with Crippen LogP contribution in [0.5, 0.6) is 5.75 Å². The maximum absolute atomic E-state index is 11.9. The number of phenolic OH excluding ortho intramolecular Hbond substituents is 1. The summed E-state index contributed by atoms with van der Waals surface area (Å²) >= 11 is 6.58. The Hall–Kier alpha value is -0.550. The average molecular weight is 351 g/mol. The summed E-state index contributed by atoms with van der Waals surface area (Å²) in [5.74, 6) is -0.311. The van der Waals surface area contributed by atoms with Crippen molar-refractivity contribution in [2.24, 2.45) is 0 Å². The number of alkyl halides is 1. The van der Waals surface area contributed by atoms with Gasteiger partial charge in [0.05, 0.1) is 5.56 Å². The van der Waals surface area contributed by atoms with Crippen LogP contribution in [0.1, 0.15) is 24.2 Å². The molecule has 1 rings (SSSR count). The van der Waals surface area contributed by atoms with E-state index in [4.69, 9.17) is 0 Å². The molecule has 0 radical (unpaired) electrons. The zero-order chi connectivity index (χ0) is 12.3. The molecule has 0 aliphatic heterocycles. The van der Waals surface area contributed by atoms with E-state index < -0.39 is 0 Å². The van der Waals surface area contributed by atoms with E-state index in [1.807, 2.05) is 13.8 Å². The van der Waals surface area contributed by atoms with Crippen LogP contribution < -0.4 is 5.32 Å². The largest absolute Gasteiger partial charge is 0.507 e. The molecule has 88 valence electrons. The lowest BCUT2D eigenvalue weighted by atomic mass is 10.1. The second-order valence-corrected chi connectivity index (χ2v) is 5.61. The van der Waals surface area contributed by atoms with Gasteiger partial charge in [-0.25, -0.2) is 0 Å². The van der Waals surface area contributed by atoms with Crippen molar-refractivity contribution in [1.29, 1.82) is 0 Å². The van der Waals surface area contributed by atoms with Gasteiger partial charge in [0.2, 0.25) is 0 Å².